The van der Waals surface area contributed by atoms with Crippen molar-refractivity contribution < 1.29 is 9.47 Å². The first-order valence-electron chi connectivity index (χ1n) is 6.38. The minimum absolute atomic E-state index is 0.712. The Labute approximate surface area is 114 Å². The van der Waals surface area contributed by atoms with Crippen molar-refractivity contribution in [1.82, 2.24) is 5.32 Å². The molecule has 0 amide bonds. The molecule has 102 valence electrons. The maximum absolute atomic E-state index is 6.00. The summed E-state index contributed by atoms with van der Waals surface area (Å²) >= 11 is 6.00. The van der Waals surface area contributed by atoms with Gasteiger partial charge in [0.05, 0.1) is 6.61 Å². The lowest BCUT2D eigenvalue weighted by Gasteiger charge is -2.12. The molecule has 0 heterocycles. The smallest absolute Gasteiger partial charge is 0.123 e. The molecule has 1 aromatic rings. The third-order valence-electron chi connectivity index (χ3n) is 2.59. The van der Waals surface area contributed by atoms with Crippen molar-refractivity contribution in [2.45, 2.75) is 26.3 Å². The van der Waals surface area contributed by atoms with Gasteiger partial charge in [-0.2, -0.15) is 0 Å². The van der Waals surface area contributed by atoms with E-state index in [0.717, 1.165) is 48.9 Å². The predicted molar refractivity (Wildman–Crippen MR) is 75.4 cm³/mol. The summed E-state index contributed by atoms with van der Waals surface area (Å²) in [4.78, 5) is 0. The Hall–Kier alpha value is -0.770. The molecule has 0 aliphatic heterocycles. The van der Waals surface area contributed by atoms with E-state index in [1.54, 1.807) is 7.11 Å². The highest BCUT2D eigenvalue weighted by molar-refractivity contribution is 6.30. The van der Waals surface area contributed by atoms with Gasteiger partial charge in [0, 0.05) is 30.8 Å². The first kappa shape index (κ1) is 15.3. The summed E-state index contributed by atoms with van der Waals surface area (Å²) in [5.74, 6) is 0.915. The van der Waals surface area contributed by atoms with E-state index in [9.17, 15) is 0 Å². The largest absolute Gasteiger partial charge is 0.493 e. The Morgan fingerprint density at radius 2 is 2.00 bits per heavy atom. The van der Waals surface area contributed by atoms with Crippen molar-refractivity contribution in [3.05, 3.63) is 28.8 Å². The average molecular weight is 272 g/mol. The molecule has 0 bridgehead atoms. The zero-order chi connectivity index (χ0) is 13.2. The molecule has 1 N–H and O–H groups in total. The van der Waals surface area contributed by atoms with Crippen LogP contribution >= 0.6 is 11.6 Å². The molecule has 0 saturated heterocycles. The minimum atomic E-state index is 0.712. The SMILES string of the molecule is CCNCc1cc(Cl)ccc1OCCCCOC. The van der Waals surface area contributed by atoms with Gasteiger partial charge >= 0.3 is 0 Å². The summed E-state index contributed by atoms with van der Waals surface area (Å²) in [6.45, 7) is 5.29. The minimum Gasteiger partial charge on any atom is -0.493 e. The van der Waals surface area contributed by atoms with Crippen LogP contribution in [-0.4, -0.2) is 26.9 Å². The molecule has 1 rings (SSSR count). The van der Waals surface area contributed by atoms with E-state index in [-0.39, 0.29) is 0 Å². The molecular formula is C14H22ClNO2. The number of nitrogens with one attached hydrogen (secondary N) is 1. The number of halogens is 1. The van der Waals surface area contributed by atoms with Crippen molar-refractivity contribution in [2.75, 3.05) is 26.9 Å². The predicted octanol–water partition coefficient (Wildman–Crippen LogP) is 3.25. The third-order valence-corrected chi connectivity index (χ3v) is 2.82. The second-order valence-electron chi connectivity index (χ2n) is 4.08. The standard InChI is InChI=1S/C14H22ClNO2/c1-3-16-11-12-10-13(15)6-7-14(12)18-9-5-4-8-17-2/h6-7,10,16H,3-5,8-9,11H2,1-2H3. The van der Waals surface area contributed by atoms with Gasteiger partial charge in [0.1, 0.15) is 5.75 Å². The van der Waals surface area contributed by atoms with Crippen molar-refractivity contribution in [3.8, 4) is 5.75 Å². The fraction of sp³-hybridized carbons (Fsp3) is 0.571. The van der Waals surface area contributed by atoms with Gasteiger partial charge in [0.2, 0.25) is 0 Å². The zero-order valence-electron chi connectivity index (χ0n) is 11.2. The highest BCUT2D eigenvalue weighted by atomic mass is 35.5. The van der Waals surface area contributed by atoms with Crippen LogP contribution in [0.3, 0.4) is 0 Å². The molecule has 0 saturated carbocycles. The van der Waals surface area contributed by atoms with Gasteiger partial charge in [-0.05, 0) is 37.6 Å². The topological polar surface area (TPSA) is 30.5 Å². The number of hydrogen-bond acceptors (Lipinski definition) is 3. The molecule has 0 aliphatic carbocycles. The van der Waals surface area contributed by atoms with Crippen LogP contribution in [0.15, 0.2) is 18.2 Å². The molecule has 0 spiro atoms. The second kappa shape index (κ2) is 9.20. The molecule has 18 heavy (non-hydrogen) atoms. The monoisotopic (exact) mass is 271 g/mol. The maximum Gasteiger partial charge on any atom is 0.123 e. The lowest BCUT2D eigenvalue weighted by Crippen LogP contribution is -2.13. The Bertz CT molecular complexity index is 345. The molecule has 0 fully saturated rings. The zero-order valence-corrected chi connectivity index (χ0v) is 11.9. The quantitative estimate of drug-likeness (QED) is 0.700. The molecule has 0 aliphatic rings. The molecular weight excluding hydrogens is 250 g/mol. The van der Waals surface area contributed by atoms with E-state index < -0.39 is 0 Å². The first-order chi connectivity index (χ1) is 8.77. The lowest BCUT2D eigenvalue weighted by molar-refractivity contribution is 0.184. The molecule has 1 aromatic carbocycles. The molecule has 0 atom stereocenters. The van der Waals surface area contributed by atoms with Crippen LogP contribution in [0.25, 0.3) is 0 Å². The Morgan fingerprint density at radius 3 is 2.72 bits per heavy atom. The number of rotatable bonds is 9. The van der Waals surface area contributed by atoms with Gasteiger partial charge in [-0.1, -0.05) is 18.5 Å². The van der Waals surface area contributed by atoms with Gasteiger partial charge in [0.25, 0.3) is 0 Å². The van der Waals surface area contributed by atoms with Crippen LogP contribution < -0.4 is 10.1 Å². The fourth-order valence-corrected chi connectivity index (χ4v) is 1.81. The van der Waals surface area contributed by atoms with E-state index >= 15 is 0 Å². The maximum atomic E-state index is 6.00. The number of ether oxygens (including phenoxy) is 2. The number of hydrogen-bond donors (Lipinski definition) is 1. The van der Waals surface area contributed by atoms with E-state index in [4.69, 9.17) is 21.1 Å². The number of unbranched alkanes of at least 4 members (excludes halogenated alkanes) is 1. The van der Waals surface area contributed by atoms with Crippen molar-refractivity contribution >= 4 is 11.6 Å². The molecule has 0 unspecified atom stereocenters. The Kier molecular flexibility index (Phi) is 7.81. The number of methoxy groups -OCH3 is 1. The third kappa shape index (κ3) is 5.71. The van der Waals surface area contributed by atoms with Gasteiger partial charge in [0.15, 0.2) is 0 Å². The highest BCUT2D eigenvalue weighted by Crippen LogP contribution is 2.23. The molecule has 0 radical (unpaired) electrons. The lowest BCUT2D eigenvalue weighted by atomic mass is 10.2. The fourth-order valence-electron chi connectivity index (χ4n) is 1.62. The van der Waals surface area contributed by atoms with Crippen LogP contribution in [0.4, 0.5) is 0 Å². The van der Waals surface area contributed by atoms with Crippen LogP contribution in [-0.2, 0) is 11.3 Å². The summed E-state index contributed by atoms with van der Waals surface area (Å²) in [7, 11) is 1.72. The van der Waals surface area contributed by atoms with E-state index in [1.807, 2.05) is 18.2 Å². The van der Waals surface area contributed by atoms with E-state index in [2.05, 4.69) is 12.2 Å². The summed E-state index contributed by atoms with van der Waals surface area (Å²) in [5.41, 5.74) is 1.11. The molecule has 4 heteroatoms. The van der Waals surface area contributed by atoms with Gasteiger partial charge in [-0.15, -0.1) is 0 Å². The number of benzene rings is 1. The van der Waals surface area contributed by atoms with Gasteiger partial charge in [-0.25, -0.2) is 0 Å². The average Bonchev–Trinajstić information content (AvgIpc) is 2.38. The van der Waals surface area contributed by atoms with Crippen molar-refractivity contribution in [2.24, 2.45) is 0 Å². The second-order valence-corrected chi connectivity index (χ2v) is 4.52. The van der Waals surface area contributed by atoms with Crippen molar-refractivity contribution in [1.29, 1.82) is 0 Å². The summed E-state index contributed by atoms with van der Waals surface area (Å²) in [6, 6.07) is 5.75. The Morgan fingerprint density at radius 1 is 1.22 bits per heavy atom. The molecule has 3 nitrogen and oxygen atoms in total. The van der Waals surface area contributed by atoms with E-state index in [0.29, 0.717) is 6.61 Å². The van der Waals surface area contributed by atoms with Crippen LogP contribution in [0, 0.1) is 0 Å². The van der Waals surface area contributed by atoms with E-state index in [1.165, 1.54) is 0 Å². The summed E-state index contributed by atoms with van der Waals surface area (Å²) in [5, 5.41) is 4.03. The van der Waals surface area contributed by atoms with Crippen molar-refractivity contribution in [3.63, 3.8) is 0 Å². The van der Waals surface area contributed by atoms with Crippen LogP contribution in [0.5, 0.6) is 5.75 Å². The van der Waals surface area contributed by atoms with Gasteiger partial charge < -0.3 is 14.8 Å². The van der Waals surface area contributed by atoms with Crippen LogP contribution in [0.2, 0.25) is 5.02 Å². The summed E-state index contributed by atoms with van der Waals surface area (Å²) in [6.07, 6.45) is 2.02. The first-order valence-corrected chi connectivity index (χ1v) is 6.76. The Balaban J connectivity index is 2.47. The van der Waals surface area contributed by atoms with Gasteiger partial charge in [-0.3, -0.25) is 0 Å². The normalized spacial score (nSPS) is 10.6. The molecule has 0 aromatic heterocycles. The highest BCUT2D eigenvalue weighted by Gasteiger charge is 2.04. The van der Waals surface area contributed by atoms with Crippen LogP contribution in [0.1, 0.15) is 25.3 Å². The summed E-state index contributed by atoms with van der Waals surface area (Å²) < 4.78 is 10.8.